The van der Waals surface area contributed by atoms with Crippen LogP contribution in [0.25, 0.3) is 27.2 Å². The van der Waals surface area contributed by atoms with Crippen molar-refractivity contribution in [2.24, 2.45) is 5.10 Å². The molecule has 2 aromatic heterocycles. The van der Waals surface area contributed by atoms with Gasteiger partial charge in [-0.1, -0.05) is 60.1 Å². The highest BCUT2D eigenvalue weighted by Gasteiger charge is 2.37. The molecule has 3 aromatic carbocycles. The Bertz CT molecular complexity index is 1640. The van der Waals surface area contributed by atoms with Crippen molar-refractivity contribution < 1.29 is 18.0 Å². The van der Waals surface area contributed by atoms with Gasteiger partial charge in [-0.3, -0.25) is 4.79 Å². The largest absolute Gasteiger partial charge is 0.433 e. The quantitative estimate of drug-likeness (QED) is 0.193. The van der Waals surface area contributed by atoms with E-state index < -0.39 is 17.8 Å². The first kappa shape index (κ1) is 24.7. The third-order valence-electron chi connectivity index (χ3n) is 5.54. The van der Waals surface area contributed by atoms with Gasteiger partial charge in [0.15, 0.2) is 5.69 Å². The van der Waals surface area contributed by atoms with Crippen molar-refractivity contribution >= 4 is 45.3 Å². The predicted octanol–water partition coefficient (Wildman–Crippen LogP) is 6.98. The molecule has 5 rings (SSSR count). The summed E-state index contributed by atoms with van der Waals surface area (Å²) in [6.07, 6.45) is -4.68. The molecule has 0 saturated heterocycles. The van der Waals surface area contributed by atoms with E-state index in [1.54, 1.807) is 43.3 Å². The molecule has 0 aliphatic rings. The normalized spacial score (nSPS) is 12.2. The number of carbonyl (C=O) groups excluding carboxylic acids is 1. The number of rotatable bonds is 5. The van der Waals surface area contributed by atoms with Crippen molar-refractivity contribution in [3.8, 4) is 16.4 Å². The summed E-state index contributed by atoms with van der Waals surface area (Å²) in [6.45, 7) is 1.70. The molecule has 0 saturated carbocycles. The van der Waals surface area contributed by atoms with Gasteiger partial charge in [-0.25, -0.2) is 15.1 Å². The van der Waals surface area contributed by atoms with Crippen LogP contribution in [0.1, 0.15) is 28.7 Å². The van der Waals surface area contributed by atoms with Gasteiger partial charge in [0.1, 0.15) is 5.69 Å². The molecule has 5 aromatic rings. The molecule has 0 radical (unpaired) electrons. The number of thiazole rings is 1. The molecule has 37 heavy (non-hydrogen) atoms. The molecule has 0 spiro atoms. The number of carbonyl (C=O) groups is 1. The minimum Gasteiger partial charge on any atom is -0.266 e. The second-order valence-electron chi connectivity index (χ2n) is 8.05. The maximum atomic E-state index is 13.9. The number of hydrazone groups is 1. The average Bonchev–Trinajstić information content (AvgIpc) is 3.55. The summed E-state index contributed by atoms with van der Waals surface area (Å²) in [6, 6.07) is 20.7. The fourth-order valence-corrected chi connectivity index (χ4v) is 4.52. The summed E-state index contributed by atoms with van der Waals surface area (Å²) in [4.78, 5) is 16.7. The Hall–Kier alpha value is -4.02. The highest BCUT2D eigenvalue weighted by atomic mass is 35.5. The molecule has 0 aliphatic heterocycles. The van der Waals surface area contributed by atoms with Crippen molar-refractivity contribution in [1.29, 1.82) is 0 Å². The number of nitrogens with one attached hydrogen (secondary N) is 1. The third-order valence-corrected chi connectivity index (χ3v) is 6.61. The van der Waals surface area contributed by atoms with Crippen LogP contribution in [0.4, 0.5) is 13.2 Å². The summed E-state index contributed by atoms with van der Waals surface area (Å²) in [5.41, 5.74) is 3.25. The number of amides is 1. The van der Waals surface area contributed by atoms with Crippen molar-refractivity contribution in [1.82, 2.24) is 20.2 Å². The lowest BCUT2D eigenvalue weighted by molar-refractivity contribution is -0.142. The molecule has 6 nitrogen and oxygen atoms in total. The highest BCUT2D eigenvalue weighted by Crippen LogP contribution is 2.35. The zero-order valence-electron chi connectivity index (χ0n) is 19.1. The molecule has 0 fully saturated rings. The Balaban J connectivity index is 1.43. The Morgan fingerprint density at radius 3 is 2.49 bits per heavy atom. The molecule has 1 amide bonds. The van der Waals surface area contributed by atoms with Gasteiger partial charge in [-0.2, -0.15) is 23.4 Å². The predicted molar refractivity (Wildman–Crippen MR) is 138 cm³/mol. The standard InChI is InChI=1S/C26H17ClF3N5OS/c1-15(16-8-10-20(27)11-9-16)32-33-24(36)22-14-37-25(31-22)35-23(26(28,29)30)13-21(34-35)19-7-6-17-4-2-3-5-18(17)12-19/h2-14H,1H3,(H,33,36)/b32-15+. The summed E-state index contributed by atoms with van der Waals surface area (Å²) in [5.74, 6) is -0.661. The van der Waals surface area contributed by atoms with Gasteiger partial charge in [-0.15, -0.1) is 11.3 Å². The van der Waals surface area contributed by atoms with Crippen LogP contribution in [0, 0.1) is 0 Å². The molecule has 0 unspecified atom stereocenters. The molecule has 186 valence electrons. The zero-order chi connectivity index (χ0) is 26.2. The summed E-state index contributed by atoms with van der Waals surface area (Å²) in [7, 11) is 0. The topological polar surface area (TPSA) is 72.2 Å². The Morgan fingerprint density at radius 1 is 1.03 bits per heavy atom. The van der Waals surface area contributed by atoms with Crippen LogP contribution in [0.3, 0.4) is 0 Å². The van der Waals surface area contributed by atoms with E-state index in [1.807, 2.05) is 30.3 Å². The molecule has 0 aliphatic carbocycles. The van der Waals surface area contributed by atoms with Crippen molar-refractivity contribution in [3.05, 3.63) is 100 Å². The second kappa shape index (κ2) is 9.79. The molecule has 0 bridgehead atoms. The minimum atomic E-state index is -4.68. The van der Waals surface area contributed by atoms with E-state index in [-0.39, 0.29) is 16.5 Å². The first-order chi connectivity index (χ1) is 17.7. The number of benzene rings is 3. The van der Waals surface area contributed by atoms with E-state index in [4.69, 9.17) is 11.6 Å². The van der Waals surface area contributed by atoms with Crippen LogP contribution >= 0.6 is 22.9 Å². The highest BCUT2D eigenvalue weighted by molar-refractivity contribution is 7.12. The molecule has 0 atom stereocenters. The number of alkyl halides is 3. The first-order valence-electron chi connectivity index (χ1n) is 10.9. The number of halogens is 4. The molecule has 2 heterocycles. The first-order valence-corrected chi connectivity index (χ1v) is 12.2. The van der Waals surface area contributed by atoms with E-state index in [0.29, 0.717) is 21.0 Å². The fraction of sp³-hybridized carbons (Fsp3) is 0.0769. The van der Waals surface area contributed by atoms with E-state index in [2.05, 4.69) is 20.6 Å². The van der Waals surface area contributed by atoms with Gasteiger partial charge in [0.2, 0.25) is 5.13 Å². The van der Waals surface area contributed by atoms with Crippen LogP contribution in [0.2, 0.25) is 5.02 Å². The summed E-state index contributed by atoms with van der Waals surface area (Å²) >= 11 is 6.75. The van der Waals surface area contributed by atoms with Crippen molar-refractivity contribution in [3.63, 3.8) is 0 Å². The van der Waals surface area contributed by atoms with Gasteiger partial charge >= 0.3 is 6.18 Å². The molecular weight excluding hydrogens is 523 g/mol. The number of nitrogens with zero attached hydrogens (tertiary/aromatic N) is 4. The lowest BCUT2D eigenvalue weighted by Gasteiger charge is -2.07. The monoisotopic (exact) mass is 539 g/mol. The zero-order valence-corrected chi connectivity index (χ0v) is 20.7. The smallest absolute Gasteiger partial charge is 0.266 e. The van der Waals surface area contributed by atoms with E-state index in [1.165, 1.54) is 5.38 Å². The van der Waals surface area contributed by atoms with Crippen LogP contribution < -0.4 is 5.43 Å². The molecule has 11 heteroatoms. The van der Waals surface area contributed by atoms with Crippen LogP contribution in [0.5, 0.6) is 0 Å². The van der Waals surface area contributed by atoms with Gasteiger partial charge in [0.25, 0.3) is 5.91 Å². The van der Waals surface area contributed by atoms with E-state index in [0.717, 1.165) is 33.7 Å². The van der Waals surface area contributed by atoms with Gasteiger partial charge in [0.05, 0.1) is 11.4 Å². The maximum Gasteiger partial charge on any atom is 0.433 e. The number of hydrogen-bond acceptors (Lipinski definition) is 5. The van der Waals surface area contributed by atoms with Crippen molar-refractivity contribution in [2.45, 2.75) is 13.1 Å². The van der Waals surface area contributed by atoms with Crippen LogP contribution in [-0.2, 0) is 6.18 Å². The second-order valence-corrected chi connectivity index (χ2v) is 9.32. The lowest BCUT2D eigenvalue weighted by Crippen LogP contribution is -2.20. The van der Waals surface area contributed by atoms with Crippen LogP contribution in [-0.4, -0.2) is 26.4 Å². The number of aromatic nitrogens is 3. The summed E-state index contributed by atoms with van der Waals surface area (Å²) in [5, 5.41) is 11.9. The van der Waals surface area contributed by atoms with Gasteiger partial charge < -0.3 is 0 Å². The SMILES string of the molecule is C/C(=N\NC(=O)c1csc(-n2nc(-c3ccc4ccccc4c3)cc2C(F)(F)F)n1)c1ccc(Cl)cc1. The van der Waals surface area contributed by atoms with Gasteiger partial charge in [0, 0.05) is 16.0 Å². The summed E-state index contributed by atoms with van der Waals surface area (Å²) < 4.78 is 42.4. The lowest BCUT2D eigenvalue weighted by atomic mass is 10.1. The van der Waals surface area contributed by atoms with E-state index in [9.17, 15) is 18.0 Å². The average molecular weight is 540 g/mol. The third kappa shape index (κ3) is 5.25. The Labute approximate surface area is 218 Å². The van der Waals surface area contributed by atoms with Crippen LogP contribution in [0.15, 0.2) is 83.3 Å². The van der Waals surface area contributed by atoms with E-state index >= 15 is 0 Å². The Kier molecular flexibility index (Phi) is 6.53. The van der Waals surface area contributed by atoms with Crippen molar-refractivity contribution in [2.75, 3.05) is 0 Å². The maximum absolute atomic E-state index is 13.9. The number of fused-ring (bicyclic) bond motifs is 1. The number of hydrogen-bond donors (Lipinski definition) is 1. The minimum absolute atomic E-state index is 0.0801. The molecular formula is C26H17ClF3N5OS. The fourth-order valence-electron chi connectivity index (χ4n) is 3.63. The van der Waals surface area contributed by atoms with Gasteiger partial charge in [-0.05, 0) is 47.5 Å². The molecule has 1 N–H and O–H groups in total. The Morgan fingerprint density at radius 2 is 1.76 bits per heavy atom.